The van der Waals surface area contributed by atoms with E-state index < -0.39 is 17.6 Å². The van der Waals surface area contributed by atoms with E-state index in [-0.39, 0.29) is 5.56 Å². The third-order valence-corrected chi connectivity index (χ3v) is 4.72. The van der Waals surface area contributed by atoms with Crippen molar-refractivity contribution >= 4 is 21.8 Å². The van der Waals surface area contributed by atoms with Gasteiger partial charge in [0.1, 0.15) is 0 Å². The molecule has 21 heavy (non-hydrogen) atoms. The lowest BCUT2D eigenvalue weighted by molar-refractivity contribution is -0.137. The first kappa shape index (κ1) is 16.3. The molecule has 1 saturated carbocycles. The zero-order valence-electron chi connectivity index (χ0n) is 11.4. The molecule has 6 heteroatoms. The number of benzene rings is 1. The van der Waals surface area contributed by atoms with Crippen LogP contribution in [0.1, 0.15) is 41.6 Å². The predicted octanol–water partition coefficient (Wildman–Crippen LogP) is 4.39. The molecule has 0 atom stereocenters. The fourth-order valence-corrected chi connectivity index (χ4v) is 3.12. The molecule has 1 aromatic carbocycles. The molecule has 1 aromatic rings. The van der Waals surface area contributed by atoms with Crippen molar-refractivity contribution in [2.24, 2.45) is 5.92 Å². The number of rotatable bonds is 3. The maximum Gasteiger partial charge on any atom is 0.417 e. The first-order valence-electron chi connectivity index (χ1n) is 6.96. The van der Waals surface area contributed by atoms with Crippen molar-refractivity contribution < 1.29 is 18.0 Å². The molecule has 1 fully saturated rings. The average molecular weight is 364 g/mol. The SMILES string of the molecule is O=C(NCC1CCC(Br)CC1)c1ccccc1C(F)(F)F. The molecule has 0 bridgehead atoms. The van der Waals surface area contributed by atoms with Crippen LogP contribution >= 0.6 is 15.9 Å². The molecule has 0 unspecified atom stereocenters. The van der Waals surface area contributed by atoms with Crippen LogP contribution in [0.5, 0.6) is 0 Å². The van der Waals surface area contributed by atoms with Crippen LogP contribution in [0.2, 0.25) is 0 Å². The van der Waals surface area contributed by atoms with Crippen LogP contribution in [0.15, 0.2) is 24.3 Å². The number of alkyl halides is 4. The highest BCUT2D eigenvalue weighted by Gasteiger charge is 2.34. The molecular weight excluding hydrogens is 347 g/mol. The summed E-state index contributed by atoms with van der Waals surface area (Å²) in [5.41, 5.74) is -1.19. The normalized spacial score (nSPS) is 22.9. The number of nitrogens with one attached hydrogen (secondary N) is 1. The Balaban J connectivity index is 1.98. The Morgan fingerprint density at radius 3 is 2.43 bits per heavy atom. The second-order valence-electron chi connectivity index (χ2n) is 5.37. The lowest BCUT2D eigenvalue weighted by atomic mass is 9.89. The largest absolute Gasteiger partial charge is 0.417 e. The standard InChI is InChI=1S/C15H17BrF3NO/c16-11-7-5-10(6-8-11)9-20-14(21)12-3-1-2-4-13(12)15(17,18)19/h1-4,10-11H,5-9H2,(H,20,21). The summed E-state index contributed by atoms with van der Waals surface area (Å²) in [5.74, 6) is -0.301. The molecule has 1 aliphatic carbocycles. The first-order chi connectivity index (χ1) is 9.88. The van der Waals surface area contributed by atoms with Gasteiger partial charge in [0.2, 0.25) is 0 Å². The summed E-state index contributed by atoms with van der Waals surface area (Å²) in [6.07, 6.45) is -0.463. The molecule has 1 amide bonds. The molecular formula is C15H17BrF3NO. The van der Waals surface area contributed by atoms with Gasteiger partial charge in [0, 0.05) is 11.4 Å². The van der Waals surface area contributed by atoms with E-state index >= 15 is 0 Å². The van der Waals surface area contributed by atoms with E-state index in [1.807, 2.05) is 0 Å². The summed E-state index contributed by atoms with van der Waals surface area (Å²) in [6, 6.07) is 4.88. The van der Waals surface area contributed by atoms with Gasteiger partial charge in [-0.3, -0.25) is 4.79 Å². The van der Waals surface area contributed by atoms with E-state index in [4.69, 9.17) is 0 Å². The Morgan fingerprint density at radius 2 is 1.81 bits per heavy atom. The second-order valence-corrected chi connectivity index (χ2v) is 6.67. The maximum absolute atomic E-state index is 12.9. The number of carbonyl (C=O) groups is 1. The number of hydrogen-bond acceptors (Lipinski definition) is 1. The van der Waals surface area contributed by atoms with Crippen molar-refractivity contribution in [2.75, 3.05) is 6.54 Å². The lowest BCUT2D eigenvalue weighted by Gasteiger charge is -2.25. The number of hydrogen-bond donors (Lipinski definition) is 1. The maximum atomic E-state index is 12.9. The van der Waals surface area contributed by atoms with Gasteiger partial charge in [0.05, 0.1) is 11.1 Å². The number of halogens is 4. The molecule has 0 saturated heterocycles. The van der Waals surface area contributed by atoms with Gasteiger partial charge in [-0.25, -0.2) is 0 Å². The Labute approximate surface area is 130 Å². The van der Waals surface area contributed by atoms with Crippen LogP contribution in [0.3, 0.4) is 0 Å². The average Bonchev–Trinajstić information content (AvgIpc) is 2.45. The molecule has 0 aromatic heterocycles. The smallest absolute Gasteiger partial charge is 0.352 e. The summed E-state index contributed by atoms with van der Waals surface area (Å²) in [6.45, 7) is 0.435. The van der Waals surface area contributed by atoms with Gasteiger partial charge in [0.15, 0.2) is 0 Å². The van der Waals surface area contributed by atoms with Crippen LogP contribution < -0.4 is 5.32 Å². The highest BCUT2D eigenvalue weighted by Crippen LogP contribution is 2.32. The van der Waals surface area contributed by atoms with Crippen LogP contribution in [-0.4, -0.2) is 17.3 Å². The third-order valence-electron chi connectivity index (χ3n) is 3.80. The van der Waals surface area contributed by atoms with Crippen LogP contribution in [-0.2, 0) is 6.18 Å². The number of amides is 1. The molecule has 2 nitrogen and oxygen atoms in total. The summed E-state index contributed by atoms with van der Waals surface area (Å²) < 4.78 is 38.6. The molecule has 1 aliphatic rings. The van der Waals surface area contributed by atoms with Crippen LogP contribution in [0.4, 0.5) is 13.2 Å². The van der Waals surface area contributed by atoms with E-state index in [9.17, 15) is 18.0 Å². The van der Waals surface area contributed by atoms with Gasteiger partial charge < -0.3 is 5.32 Å². The molecule has 2 rings (SSSR count). The van der Waals surface area contributed by atoms with E-state index in [2.05, 4.69) is 21.2 Å². The zero-order valence-corrected chi connectivity index (χ0v) is 13.0. The minimum Gasteiger partial charge on any atom is -0.352 e. The first-order valence-corrected chi connectivity index (χ1v) is 7.88. The van der Waals surface area contributed by atoms with Gasteiger partial charge in [-0.2, -0.15) is 13.2 Å². The zero-order chi connectivity index (χ0) is 15.5. The third kappa shape index (κ3) is 4.46. The van der Waals surface area contributed by atoms with Crippen molar-refractivity contribution in [3.05, 3.63) is 35.4 Å². The molecule has 0 heterocycles. The van der Waals surface area contributed by atoms with Gasteiger partial charge in [-0.05, 0) is 43.7 Å². The Morgan fingerprint density at radius 1 is 1.19 bits per heavy atom. The second kappa shape index (κ2) is 6.81. The van der Waals surface area contributed by atoms with Gasteiger partial charge in [0.25, 0.3) is 5.91 Å². The highest BCUT2D eigenvalue weighted by atomic mass is 79.9. The van der Waals surface area contributed by atoms with Crippen molar-refractivity contribution in [1.29, 1.82) is 0 Å². The Hall–Kier alpha value is -1.04. The van der Waals surface area contributed by atoms with Crippen molar-refractivity contribution in [3.8, 4) is 0 Å². The molecule has 0 spiro atoms. The van der Waals surface area contributed by atoms with E-state index in [1.54, 1.807) is 0 Å². The summed E-state index contributed by atoms with van der Waals surface area (Å²) >= 11 is 3.55. The molecule has 0 aliphatic heterocycles. The number of carbonyl (C=O) groups excluding carboxylic acids is 1. The monoisotopic (exact) mass is 363 g/mol. The van der Waals surface area contributed by atoms with E-state index in [1.165, 1.54) is 18.2 Å². The topological polar surface area (TPSA) is 29.1 Å². The minimum absolute atomic E-state index is 0.306. The lowest BCUT2D eigenvalue weighted by Crippen LogP contribution is -2.32. The molecule has 0 radical (unpaired) electrons. The van der Waals surface area contributed by atoms with E-state index in [0.29, 0.717) is 17.3 Å². The van der Waals surface area contributed by atoms with Gasteiger partial charge in [-0.15, -0.1) is 0 Å². The summed E-state index contributed by atoms with van der Waals surface area (Å²) in [5, 5.41) is 2.64. The Kier molecular flexibility index (Phi) is 5.30. The fourth-order valence-electron chi connectivity index (χ4n) is 2.59. The van der Waals surface area contributed by atoms with Gasteiger partial charge in [-0.1, -0.05) is 28.1 Å². The minimum atomic E-state index is -4.51. The van der Waals surface area contributed by atoms with Crippen molar-refractivity contribution in [2.45, 2.75) is 36.7 Å². The summed E-state index contributed by atoms with van der Waals surface area (Å²) in [7, 11) is 0. The predicted molar refractivity (Wildman–Crippen MR) is 78.5 cm³/mol. The Bertz CT molecular complexity index is 496. The fraction of sp³-hybridized carbons (Fsp3) is 0.533. The molecule has 116 valence electrons. The van der Waals surface area contributed by atoms with Gasteiger partial charge >= 0.3 is 6.18 Å². The summed E-state index contributed by atoms with van der Waals surface area (Å²) in [4.78, 5) is 12.5. The molecule has 1 N–H and O–H groups in total. The van der Waals surface area contributed by atoms with Crippen molar-refractivity contribution in [3.63, 3.8) is 0 Å². The highest BCUT2D eigenvalue weighted by molar-refractivity contribution is 9.09. The van der Waals surface area contributed by atoms with Crippen LogP contribution in [0.25, 0.3) is 0 Å². The van der Waals surface area contributed by atoms with E-state index in [0.717, 1.165) is 31.7 Å². The van der Waals surface area contributed by atoms with Crippen LogP contribution in [0, 0.1) is 5.92 Å². The quantitative estimate of drug-likeness (QED) is 0.792. The van der Waals surface area contributed by atoms with Crippen molar-refractivity contribution in [1.82, 2.24) is 5.32 Å².